The molecule has 1 atom stereocenters. The minimum atomic E-state index is -0.671. The fourth-order valence-corrected chi connectivity index (χ4v) is 4.03. The van der Waals surface area contributed by atoms with Crippen LogP contribution in [-0.2, 0) is 13.0 Å². The van der Waals surface area contributed by atoms with Gasteiger partial charge in [-0.1, -0.05) is 30.3 Å². The van der Waals surface area contributed by atoms with Crippen molar-refractivity contribution in [1.82, 2.24) is 10.3 Å². The Bertz CT molecular complexity index is 1440. The number of hydrogen-bond acceptors (Lipinski definition) is 10. The fourth-order valence-electron chi connectivity index (χ4n) is 4.03. The highest BCUT2D eigenvalue weighted by molar-refractivity contribution is 5.98. The first-order chi connectivity index (χ1) is 17.5. The van der Waals surface area contributed by atoms with Crippen molar-refractivity contribution in [2.45, 2.75) is 19.1 Å². The molecule has 0 bridgehead atoms. The Morgan fingerprint density at radius 1 is 1.17 bits per heavy atom. The van der Waals surface area contributed by atoms with E-state index in [4.69, 9.17) is 26.2 Å². The summed E-state index contributed by atoms with van der Waals surface area (Å²) in [6, 6.07) is 14.6. The number of rotatable bonds is 7. The highest BCUT2D eigenvalue weighted by Gasteiger charge is 2.30. The summed E-state index contributed by atoms with van der Waals surface area (Å²) in [7, 11) is 1.58. The van der Waals surface area contributed by atoms with Gasteiger partial charge in [-0.3, -0.25) is 5.32 Å². The van der Waals surface area contributed by atoms with Gasteiger partial charge in [0, 0.05) is 11.1 Å². The van der Waals surface area contributed by atoms with Gasteiger partial charge in [0.05, 0.1) is 12.8 Å². The number of nitrogen functional groups attached to an aromatic ring is 2. The lowest BCUT2D eigenvalue weighted by Gasteiger charge is -2.26. The lowest BCUT2D eigenvalue weighted by atomic mass is 9.94. The van der Waals surface area contributed by atoms with Gasteiger partial charge in [-0.15, -0.1) is 6.58 Å². The first-order valence-electron chi connectivity index (χ1n) is 11.0. The van der Waals surface area contributed by atoms with Crippen LogP contribution in [0.1, 0.15) is 33.9 Å². The molecule has 0 saturated carbocycles. The molecule has 0 saturated heterocycles. The molecule has 2 aromatic carbocycles. The van der Waals surface area contributed by atoms with E-state index in [-0.39, 0.29) is 29.6 Å². The number of nitrogens with zero attached hydrogens (tertiary/aromatic N) is 4. The number of nitrogens with two attached hydrogens (primary N) is 2. The molecular weight excluding hydrogens is 456 g/mol. The maximum atomic E-state index is 9.54. The summed E-state index contributed by atoms with van der Waals surface area (Å²) in [6.45, 7) is 4.04. The van der Waals surface area contributed by atoms with Crippen LogP contribution in [-0.4, -0.2) is 18.1 Å². The predicted octanol–water partition coefficient (Wildman–Crippen LogP) is 3.38. The van der Waals surface area contributed by atoms with E-state index in [0.717, 1.165) is 22.4 Å². The number of para-hydroxylation sites is 1. The Kier molecular flexibility index (Phi) is 6.89. The first-order valence-corrected chi connectivity index (χ1v) is 11.0. The van der Waals surface area contributed by atoms with Crippen LogP contribution in [0.4, 0.5) is 17.3 Å². The quantitative estimate of drug-likeness (QED) is 0.225. The summed E-state index contributed by atoms with van der Waals surface area (Å²) in [5.74, 6) is 1.86. The smallest absolute Gasteiger partial charge is 0.211 e. The zero-order valence-corrected chi connectivity index (χ0v) is 19.6. The molecule has 3 aromatic rings. The molecule has 1 aliphatic rings. The van der Waals surface area contributed by atoms with Crippen molar-refractivity contribution in [3.05, 3.63) is 82.9 Å². The van der Waals surface area contributed by atoms with E-state index in [9.17, 15) is 5.26 Å². The highest BCUT2D eigenvalue weighted by atomic mass is 16.5. The number of methoxy groups -OCH3 is 1. The molecule has 4 rings (SSSR count). The number of anilines is 3. The summed E-state index contributed by atoms with van der Waals surface area (Å²) in [6.07, 6.45) is 4.35. The number of hydrogen-bond donors (Lipinski definition) is 4. The average molecular weight is 481 g/mol. The minimum absolute atomic E-state index is 0.0137. The molecule has 0 radical (unpaired) electrons. The van der Waals surface area contributed by atoms with E-state index >= 15 is 0 Å². The van der Waals surface area contributed by atoms with E-state index in [1.165, 1.54) is 0 Å². The first kappa shape index (κ1) is 23.9. The number of nitriles is 2. The van der Waals surface area contributed by atoms with Crippen molar-refractivity contribution in [3.63, 3.8) is 0 Å². The van der Waals surface area contributed by atoms with Crippen molar-refractivity contribution in [1.29, 1.82) is 10.5 Å². The number of aromatic nitrogens is 1. The van der Waals surface area contributed by atoms with Gasteiger partial charge in [-0.25, -0.2) is 9.98 Å². The molecule has 2 heterocycles. The molecule has 1 unspecified atom stereocenters. The second kappa shape index (κ2) is 10.4. The van der Waals surface area contributed by atoms with Crippen molar-refractivity contribution in [3.8, 4) is 23.8 Å². The summed E-state index contributed by atoms with van der Waals surface area (Å²) in [5.41, 5.74) is 15.5. The van der Waals surface area contributed by atoms with Gasteiger partial charge in [0.15, 0.2) is 6.19 Å². The van der Waals surface area contributed by atoms with Gasteiger partial charge in [-0.2, -0.15) is 10.5 Å². The van der Waals surface area contributed by atoms with Gasteiger partial charge >= 0.3 is 0 Å². The SMILES string of the molecule is C=CCc1ccccc1OCc1cc(C2N=C(NC#N)Nc3nc(N)c(C#N)c(N)c32)ccc1OC. The number of aliphatic imine (C=N–C) groups is 1. The molecule has 10 nitrogen and oxygen atoms in total. The molecule has 1 aliphatic heterocycles. The number of ether oxygens (including phenoxy) is 2. The third-order valence-corrected chi connectivity index (χ3v) is 5.70. The number of pyridine rings is 1. The van der Waals surface area contributed by atoms with Gasteiger partial charge < -0.3 is 26.3 Å². The zero-order valence-electron chi connectivity index (χ0n) is 19.6. The summed E-state index contributed by atoms with van der Waals surface area (Å²) in [5, 5.41) is 24.1. The van der Waals surface area contributed by atoms with Crippen LogP contribution in [0.25, 0.3) is 0 Å². The van der Waals surface area contributed by atoms with Gasteiger partial charge in [-0.05, 0) is 35.7 Å². The Morgan fingerprint density at radius 2 is 1.97 bits per heavy atom. The molecule has 0 amide bonds. The number of nitrogens with one attached hydrogen (secondary N) is 2. The molecule has 36 heavy (non-hydrogen) atoms. The zero-order chi connectivity index (χ0) is 25.7. The lowest BCUT2D eigenvalue weighted by molar-refractivity contribution is 0.294. The predicted molar refractivity (Wildman–Crippen MR) is 137 cm³/mol. The second-order valence-corrected chi connectivity index (χ2v) is 7.86. The largest absolute Gasteiger partial charge is 0.496 e. The van der Waals surface area contributed by atoms with E-state index in [2.05, 4.69) is 27.2 Å². The summed E-state index contributed by atoms with van der Waals surface area (Å²) in [4.78, 5) is 8.90. The van der Waals surface area contributed by atoms with Crippen molar-refractivity contribution < 1.29 is 9.47 Å². The molecule has 180 valence electrons. The number of guanidine groups is 1. The minimum Gasteiger partial charge on any atom is -0.496 e. The Morgan fingerprint density at radius 3 is 2.69 bits per heavy atom. The van der Waals surface area contributed by atoms with Gasteiger partial charge in [0.1, 0.15) is 47.4 Å². The maximum Gasteiger partial charge on any atom is 0.211 e. The van der Waals surface area contributed by atoms with E-state index in [1.807, 2.05) is 60.8 Å². The average Bonchev–Trinajstić information content (AvgIpc) is 2.88. The van der Waals surface area contributed by atoms with Crippen molar-refractivity contribution in [2.24, 2.45) is 4.99 Å². The van der Waals surface area contributed by atoms with Crippen LogP contribution in [0.2, 0.25) is 0 Å². The van der Waals surface area contributed by atoms with Gasteiger partial charge in [0.2, 0.25) is 5.96 Å². The molecule has 0 fully saturated rings. The van der Waals surface area contributed by atoms with E-state index in [1.54, 1.807) is 7.11 Å². The van der Waals surface area contributed by atoms with Crippen LogP contribution in [0.15, 0.2) is 60.1 Å². The number of benzene rings is 2. The van der Waals surface area contributed by atoms with Crippen LogP contribution in [0.5, 0.6) is 11.5 Å². The Balaban J connectivity index is 1.77. The summed E-state index contributed by atoms with van der Waals surface area (Å²) < 4.78 is 11.7. The number of fused-ring (bicyclic) bond motifs is 1. The highest BCUT2D eigenvalue weighted by Crippen LogP contribution is 2.41. The van der Waals surface area contributed by atoms with Crippen LogP contribution in [0, 0.1) is 22.8 Å². The molecule has 6 N–H and O–H groups in total. The maximum absolute atomic E-state index is 9.54. The van der Waals surface area contributed by atoms with Crippen LogP contribution >= 0.6 is 0 Å². The molecule has 1 aromatic heterocycles. The van der Waals surface area contributed by atoms with Crippen molar-refractivity contribution in [2.75, 3.05) is 23.9 Å². The number of allylic oxidation sites excluding steroid dienone is 1. The molecule has 10 heteroatoms. The van der Waals surface area contributed by atoms with E-state index < -0.39 is 6.04 Å². The molecule has 0 aliphatic carbocycles. The van der Waals surface area contributed by atoms with Crippen LogP contribution < -0.4 is 31.6 Å². The standard InChI is InChI=1S/C26H24N8O2/c1-3-6-15-7-4-5-8-20(15)36-13-17-11-16(9-10-19(17)35-2)23-21-22(29)18(12-27)24(30)33-25(21)34-26(32-23)31-14-28/h3-5,7-11,23H,1,6,13H2,2H3,(H6,29,30,31,32,33,34). The third kappa shape index (κ3) is 4.56. The monoisotopic (exact) mass is 480 g/mol. The van der Waals surface area contributed by atoms with E-state index in [0.29, 0.717) is 23.6 Å². The second-order valence-electron chi connectivity index (χ2n) is 7.86. The van der Waals surface area contributed by atoms with Gasteiger partial charge in [0.25, 0.3) is 0 Å². The topological polar surface area (TPSA) is 167 Å². The molecule has 0 spiro atoms. The fraction of sp³-hybridized carbons (Fsp3) is 0.154. The molecular formula is C26H24N8O2. The third-order valence-electron chi connectivity index (χ3n) is 5.70. The Hall–Kier alpha value is -5.22. The van der Waals surface area contributed by atoms with Crippen molar-refractivity contribution >= 4 is 23.3 Å². The Labute approximate surface area is 208 Å². The van der Waals surface area contributed by atoms with Crippen LogP contribution in [0.3, 0.4) is 0 Å². The lowest BCUT2D eigenvalue weighted by Crippen LogP contribution is -2.32. The normalized spacial score (nSPS) is 13.8. The summed E-state index contributed by atoms with van der Waals surface area (Å²) >= 11 is 0.